The Bertz CT molecular complexity index is 325. The lowest BCUT2D eigenvalue weighted by Gasteiger charge is -2.46. The average Bonchev–Trinajstić information content (AvgIpc) is 2.76. The third-order valence-electron chi connectivity index (χ3n) is 5.37. The molecule has 114 valence electrons. The standard InChI is InChI=1S/C16H29N3O/c20-15(18-10-3-1-2-4-11-18)19-12-6-8-16(14-19)7-5-9-17-13-16/h17H,1-14H2. The molecule has 3 aliphatic heterocycles. The van der Waals surface area contributed by atoms with Gasteiger partial charge in [0.05, 0.1) is 0 Å². The number of nitrogens with zero attached hydrogens (tertiary/aromatic N) is 2. The van der Waals surface area contributed by atoms with Gasteiger partial charge in [0.25, 0.3) is 0 Å². The van der Waals surface area contributed by atoms with E-state index in [1.165, 1.54) is 51.4 Å². The van der Waals surface area contributed by atoms with E-state index in [4.69, 9.17) is 0 Å². The molecule has 4 heteroatoms. The van der Waals surface area contributed by atoms with Crippen LogP contribution in [0.4, 0.5) is 4.79 Å². The first-order chi connectivity index (χ1) is 9.79. The Morgan fingerprint density at radius 2 is 1.55 bits per heavy atom. The van der Waals surface area contributed by atoms with E-state index in [-0.39, 0.29) is 0 Å². The van der Waals surface area contributed by atoms with Gasteiger partial charge in [-0.1, -0.05) is 12.8 Å². The topological polar surface area (TPSA) is 35.6 Å². The third kappa shape index (κ3) is 3.11. The SMILES string of the molecule is O=C(N1CCCCCC1)N1CCCC2(CCCNC2)C1. The van der Waals surface area contributed by atoms with Crippen molar-refractivity contribution < 1.29 is 4.79 Å². The van der Waals surface area contributed by atoms with Gasteiger partial charge in [0.2, 0.25) is 0 Å². The Hall–Kier alpha value is -0.770. The molecule has 4 nitrogen and oxygen atoms in total. The fraction of sp³-hybridized carbons (Fsp3) is 0.938. The highest BCUT2D eigenvalue weighted by Gasteiger charge is 2.38. The number of carbonyl (C=O) groups excluding carboxylic acids is 1. The molecule has 1 atom stereocenters. The van der Waals surface area contributed by atoms with Crippen molar-refractivity contribution in [2.24, 2.45) is 5.41 Å². The Morgan fingerprint density at radius 1 is 0.850 bits per heavy atom. The molecule has 0 aromatic rings. The van der Waals surface area contributed by atoms with Crippen molar-refractivity contribution in [3.8, 4) is 0 Å². The summed E-state index contributed by atoms with van der Waals surface area (Å²) in [6, 6.07) is 0.316. The molecule has 0 aliphatic carbocycles. The minimum atomic E-state index is 0.316. The lowest BCUT2D eigenvalue weighted by atomic mass is 9.74. The summed E-state index contributed by atoms with van der Waals surface area (Å²) in [6.45, 7) is 6.16. The Labute approximate surface area is 122 Å². The predicted octanol–water partition coefficient (Wildman–Crippen LogP) is 2.45. The van der Waals surface area contributed by atoms with Gasteiger partial charge in [-0.2, -0.15) is 0 Å². The van der Waals surface area contributed by atoms with Crippen LogP contribution in [0.1, 0.15) is 51.4 Å². The summed E-state index contributed by atoms with van der Waals surface area (Å²) >= 11 is 0. The minimum absolute atomic E-state index is 0.316. The van der Waals surface area contributed by atoms with Crippen LogP contribution in [-0.2, 0) is 0 Å². The lowest BCUT2D eigenvalue weighted by Crippen LogP contribution is -2.55. The molecule has 0 aromatic heterocycles. The van der Waals surface area contributed by atoms with Gasteiger partial charge in [0, 0.05) is 38.1 Å². The fourth-order valence-electron chi connectivity index (χ4n) is 4.21. The molecule has 2 amide bonds. The molecule has 3 saturated heterocycles. The highest BCUT2D eigenvalue weighted by Crippen LogP contribution is 2.36. The number of rotatable bonds is 0. The van der Waals surface area contributed by atoms with Gasteiger partial charge in [-0.25, -0.2) is 4.79 Å². The molecule has 20 heavy (non-hydrogen) atoms. The molecule has 3 aliphatic rings. The summed E-state index contributed by atoms with van der Waals surface area (Å²) in [5, 5.41) is 3.54. The van der Waals surface area contributed by atoms with Crippen LogP contribution in [0, 0.1) is 5.41 Å². The van der Waals surface area contributed by atoms with E-state index < -0.39 is 0 Å². The van der Waals surface area contributed by atoms with Crippen LogP contribution in [0.5, 0.6) is 0 Å². The van der Waals surface area contributed by atoms with E-state index in [1.54, 1.807) is 0 Å². The summed E-state index contributed by atoms with van der Waals surface area (Å²) < 4.78 is 0. The maximum absolute atomic E-state index is 12.8. The number of urea groups is 1. The summed E-state index contributed by atoms with van der Waals surface area (Å²) in [5.74, 6) is 0. The van der Waals surface area contributed by atoms with Crippen molar-refractivity contribution >= 4 is 6.03 Å². The first-order valence-corrected chi connectivity index (χ1v) is 8.54. The zero-order valence-corrected chi connectivity index (χ0v) is 12.7. The van der Waals surface area contributed by atoms with Gasteiger partial charge < -0.3 is 15.1 Å². The molecule has 3 heterocycles. The minimum Gasteiger partial charge on any atom is -0.325 e. The van der Waals surface area contributed by atoms with E-state index in [0.717, 1.165) is 39.3 Å². The monoisotopic (exact) mass is 279 g/mol. The van der Waals surface area contributed by atoms with Crippen LogP contribution in [0.25, 0.3) is 0 Å². The largest absolute Gasteiger partial charge is 0.325 e. The van der Waals surface area contributed by atoms with E-state index in [1.807, 2.05) is 0 Å². The summed E-state index contributed by atoms with van der Waals surface area (Å²) in [4.78, 5) is 17.0. The van der Waals surface area contributed by atoms with Gasteiger partial charge in [0.1, 0.15) is 0 Å². The van der Waals surface area contributed by atoms with Crippen LogP contribution in [-0.4, -0.2) is 55.1 Å². The molecule has 3 fully saturated rings. The van der Waals surface area contributed by atoms with Crippen molar-refractivity contribution in [3.63, 3.8) is 0 Å². The Morgan fingerprint density at radius 3 is 2.25 bits per heavy atom. The molecule has 0 radical (unpaired) electrons. The second-order valence-corrected chi connectivity index (χ2v) is 6.99. The zero-order valence-electron chi connectivity index (χ0n) is 12.7. The van der Waals surface area contributed by atoms with Crippen molar-refractivity contribution in [1.82, 2.24) is 15.1 Å². The third-order valence-corrected chi connectivity index (χ3v) is 5.37. The molecule has 1 spiro atoms. The maximum Gasteiger partial charge on any atom is 0.320 e. The molecule has 1 N–H and O–H groups in total. The van der Waals surface area contributed by atoms with Crippen molar-refractivity contribution in [2.75, 3.05) is 39.3 Å². The number of likely N-dealkylation sites (tertiary alicyclic amines) is 2. The van der Waals surface area contributed by atoms with Gasteiger partial charge in [-0.15, -0.1) is 0 Å². The summed E-state index contributed by atoms with van der Waals surface area (Å²) in [5.41, 5.74) is 0.373. The molecule has 0 bridgehead atoms. The molecule has 0 aromatic carbocycles. The van der Waals surface area contributed by atoms with E-state index >= 15 is 0 Å². The normalized spacial score (nSPS) is 32.2. The fourth-order valence-corrected chi connectivity index (χ4v) is 4.21. The Kier molecular flexibility index (Phi) is 4.49. The summed E-state index contributed by atoms with van der Waals surface area (Å²) in [6.07, 6.45) is 9.99. The number of amides is 2. The quantitative estimate of drug-likeness (QED) is 0.739. The van der Waals surface area contributed by atoms with Crippen LogP contribution >= 0.6 is 0 Å². The predicted molar refractivity (Wildman–Crippen MR) is 80.8 cm³/mol. The van der Waals surface area contributed by atoms with Crippen LogP contribution in [0.15, 0.2) is 0 Å². The van der Waals surface area contributed by atoms with Crippen molar-refractivity contribution in [3.05, 3.63) is 0 Å². The summed E-state index contributed by atoms with van der Waals surface area (Å²) in [7, 11) is 0. The van der Waals surface area contributed by atoms with Gasteiger partial charge >= 0.3 is 6.03 Å². The first kappa shape index (κ1) is 14.2. The first-order valence-electron chi connectivity index (χ1n) is 8.54. The van der Waals surface area contributed by atoms with Crippen LogP contribution in [0.3, 0.4) is 0 Å². The number of nitrogens with one attached hydrogen (secondary N) is 1. The molecular formula is C16H29N3O. The molecule has 0 saturated carbocycles. The second kappa shape index (κ2) is 6.33. The zero-order chi connectivity index (χ0) is 13.8. The maximum atomic E-state index is 12.8. The van der Waals surface area contributed by atoms with Crippen LogP contribution in [0.2, 0.25) is 0 Å². The molecule has 1 unspecified atom stereocenters. The number of piperidine rings is 2. The van der Waals surface area contributed by atoms with Crippen LogP contribution < -0.4 is 5.32 Å². The molecule has 3 rings (SSSR count). The second-order valence-electron chi connectivity index (χ2n) is 6.99. The Balaban J connectivity index is 1.62. The van der Waals surface area contributed by atoms with E-state index in [2.05, 4.69) is 15.1 Å². The van der Waals surface area contributed by atoms with E-state index in [0.29, 0.717) is 11.4 Å². The van der Waals surface area contributed by atoms with Crippen molar-refractivity contribution in [2.45, 2.75) is 51.4 Å². The van der Waals surface area contributed by atoms with Gasteiger partial charge in [0.15, 0.2) is 0 Å². The van der Waals surface area contributed by atoms with Crippen molar-refractivity contribution in [1.29, 1.82) is 0 Å². The molecular weight excluding hydrogens is 250 g/mol. The smallest absolute Gasteiger partial charge is 0.320 e. The number of hydrogen-bond donors (Lipinski definition) is 1. The highest BCUT2D eigenvalue weighted by atomic mass is 16.2. The van der Waals surface area contributed by atoms with Gasteiger partial charge in [-0.3, -0.25) is 0 Å². The number of carbonyl (C=O) groups is 1. The number of hydrogen-bond acceptors (Lipinski definition) is 2. The van der Waals surface area contributed by atoms with Gasteiger partial charge in [-0.05, 0) is 45.1 Å². The highest BCUT2D eigenvalue weighted by molar-refractivity contribution is 5.74. The van der Waals surface area contributed by atoms with E-state index in [9.17, 15) is 4.79 Å². The lowest BCUT2D eigenvalue weighted by molar-refractivity contribution is 0.0669. The average molecular weight is 279 g/mol.